The van der Waals surface area contributed by atoms with Crippen LogP contribution in [0.25, 0.3) is 5.65 Å². The van der Waals surface area contributed by atoms with Gasteiger partial charge in [-0.15, -0.1) is 0 Å². The van der Waals surface area contributed by atoms with Crippen LogP contribution in [0.3, 0.4) is 0 Å². The molecule has 1 aromatic carbocycles. The summed E-state index contributed by atoms with van der Waals surface area (Å²) in [4.78, 5) is 16.4. The SMILES string of the molecule is Cc1ccn2cc(CNC(=O)Cc3ccc(F)cc3)nc2c1. The van der Waals surface area contributed by atoms with Crippen LogP contribution in [-0.4, -0.2) is 15.3 Å². The first-order valence-corrected chi connectivity index (χ1v) is 7.05. The van der Waals surface area contributed by atoms with Crippen LogP contribution in [0.15, 0.2) is 48.8 Å². The van der Waals surface area contributed by atoms with Crippen molar-refractivity contribution in [1.82, 2.24) is 14.7 Å². The zero-order valence-electron chi connectivity index (χ0n) is 12.2. The van der Waals surface area contributed by atoms with Gasteiger partial charge in [0.15, 0.2) is 0 Å². The normalized spacial score (nSPS) is 10.8. The summed E-state index contributed by atoms with van der Waals surface area (Å²) in [6.07, 6.45) is 4.07. The number of fused-ring (bicyclic) bond motifs is 1. The predicted molar refractivity (Wildman–Crippen MR) is 81.9 cm³/mol. The first-order chi connectivity index (χ1) is 10.6. The number of nitrogens with zero attached hydrogens (tertiary/aromatic N) is 2. The summed E-state index contributed by atoms with van der Waals surface area (Å²) in [6, 6.07) is 9.93. The van der Waals surface area contributed by atoms with Gasteiger partial charge < -0.3 is 9.72 Å². The highest BCUT2D eigenvalue weighted by Gasteiger charge is 2.06. The van der Waals surface area contributed by atoms with Crippen LogP contribution in [0.5, 0.6) is 0 Å². The molecule has 0 saturated heterocycles. The third kappa shape index (κ3) is 3.31. The van der Waals surface area contributed by atoms with Crippen LogP contribution in [0.2, 0.25) is 0 Å². The molecule has 0 fully saturated rings. The van der Waals surface area contributed by atoms with Crippen molar-refractivity contribution in [3.8, 4) is 0 Å². The first-order valence-electron chi connectivity index (χ1n) is 7.05. The van der Waals surface area contributed by atoms with Crippen LogP contribution in [0.1, 0.15) is 16.8 Å². The highest BCUT2D eigenvalue weighted by Crippen LogP contribution is 2.08. The van der Waals surface area contributed by atoms with Gasteiger partial charge in [0.25, 0.3) is 0 Å². The summed E-state index contributed by atoms with van der Waals surface area (Å²) in [5, 5.41) is 2.83. The molecule has 0 aliphatic carbocycles. The topological polar surface area (TPSA) is 46.4 Å². The second-order valence-corrected chi connectivity index (χ2v) is 5.28. The maximum atomic E-state index is 12.8. The highest BCUT2D eigenvalue weighted by atomic mass is 19.1. The van der Waals surface area contributed by atoms with Gasteiger partial charge in [0.05, 0.1) is 18.7 Å². The fourth-order valence-corrected chi connectivity index (χ4v) is 2.26. The Morgan fingerprint density at radius 1 is 1.27 bits per heavy atom. The van der Waals surface area contributed by atoms with Gasteiger partial charge in [-0.1, -0.05) is 12.1 Å². The van der Waals surface area contributed by atoms with Gasteiger partial charge >= 0.3 is 0 Å². The van der Waals surface area contributed by atoms with Crippen LogP contribution >= 0.6 is 0 Å². The fourth-order valence-electron chi connectivity index (χ4n) is 2.26. The number of imidazole rings is 1. The van der Waals surface area contributed by atoms with Gasteiger partial charge in [-0.25, -0.2) is 9.37 Å². The van der Waals surface area contributed by atoms with Gasteiger partial charge in [0.1, 0.15) is 11.5 Å². The summed E-state index contributed by atoms with van der Waals surface area (Å²) in [6.45, 7) is 2.39. The number of amides is 1. The van der Waals surface area contributed by atoms with Gasteiger partial charge in [-0.2, -0.15) is 0 Å². The number of pyridine rings is 1. The number of hydrogen-bond acceptors (Lipinski definition) is 2. The summed E-state index contributed by atoms with van der Waals surface area (Å²) >= 11 is 0. The van der Waals surface area contributed by atoms with Crippen molar-refractivity contribution in [2.24, 2.45) is 0 Å². The molecule has 4 nitrogen and oxygen atoms in total. The molecule has 0 aliphatic rings. The molecule has 22 heavy (non-hydrogen) atoms. The third-order valence-corrected chi connectivity index (χ3v) is 3.41. The highest BCUT2D eigenvalue weighted by molar-refractivity contribution is 5.78. The van der Waals surface area contributed by atoms with E-state index in [2.05, 4.69) is 10.3 Å². The molecular formula is C17H16FN3O. The zero-order valence-corrected chi connectivity index (χ0v) is 12.2. The average Bonchev–Trinajstić information content (AvgIpc) is 2.89. The summed E-state index contributed by atoms with van der Waals surface area (Å²) < 4.78 is 14.7. The van der Waals surface area contributed by atoms with E-state index in [0.717, 1.165) is 22.5 Å². The molecule has 0 saturated carbocycles. The first kappa shape index (κ1) is 14.3. The number of carbonyl (C=O) groups excluding carboxylic acids is 1. The standard InChI is InChI=1S/C17H16FN3O/c1-12-6-7-21-11-15(20-16(21)8-12)10-19-17(22)9-13-2-4-14(18)5-3-13/h2-8,11H,9-10H2,1H3,(H,19,22). The van der Waals surface area contributed by atoms with Crippen molar-refractivity contribution in [2.45, 2.75) is 19.9 Å². The second kappa shape index (κ2) is 5.97. The van der Waals surface area contributed by atoms with E-state index in [1.807, 2.05) is 35.9 Å². The lowest BCUT2D eigenvalue weighted by Crippen LogP contribution is -2.24. The lowest BCUT2D eigenvalue weighted by atomic mass is 10.1. The smallest absolute Gasteiger partial charge is 0.224 e. The van der Waals surface area contributed by atoms with Crippen molar-refractivity contribution >= 4 is 11.6 Å². The number of aromatic nitrogens is 2. The van der Waals surface area contributed by atoms with E-state index in [1.54, 1.807) is 12.1 Å². The van der Waals surface area contributed by atoms with Crippen molar-refractivity contribution in [2.75, 3.05) is 0 Å². The van der Waals surface area contributed by atoms with E-state index in [0.29, 0.717) is 6.54 Å². The number of halogens is 1. The van der Waals surface area contributed by atoms with Crippen LogP contribution < -0.4 is 5.32 Å². The van der Waals surface area contributed by atoms with Gasteiger partial charge in [0.2, 0.25) is 5.91 Å². The molecule has 112 valence electrons. The van der Waals surface area contributed by atoms with Crippen molar-refractivity contribution < 1.29 is 9.18 Å². The van der Waals surface area contributed by atoms with Crippen molar-refractivity contribution in [3.05, 3.63) is 71.4 Å². The number of hydrogen-bond donors (Lipinski definition) is 1. The Morgan fingerprint density at radius 3 is 2.82 bits per heavy atom. The number of aryl methyl sites for hydroxylation is 1. The van der Waals surface area contributed by atoms with Crippen LogP contribution in [0.4, 0.5) is 4.39 Å². The Hall–Kier alpha value is -2.69. The van der Waals surface area contributed by atoms with Crippen molar-refractivity contribution in [3.63, 3.8) is 0 Å². The van der Waals surface area contributed by atoms with E-state index >= 15 is 0 Å². The van der Waals surface area contributed by atoms with Gasteiger partial charge in [-0.3, -0.25) is 4.79 Å². The minimum absolute atomic E-state index is 0.111. The number of nitrogens with one attached hydrogen (secondary N) is 1. The lowest BCUT2D eigenvalue weighted by molar-refractivity contribution is -0.120. The maximum absolute atomic E-state index is 12.8. The molecule has 0 bridgehead atoms. The van der Waals surface area contributed by atoms with E-state index in [4.69, 9.17) is 0 Å². The van der Waals surface area contributed by atoms with Crippen LogP contribution in [0, 0.1) is 12.7 Å². The molecule has 1 N–H and O–H groups in total. The molecule has 1 amide bonds. The molecule has 2 heterocycles. The predicted octanol–water partition coefficient (Wildman–Crippen LogP) is 2.64. The van der Waals surface area contributed by atoms with Gasteiger partial charge in [0, 0.05) is 12.4 Å². The summed E-state index contributed by atoms with van der Waals surface area (Å²) in [5.41, 5.74) is 3.59. The van der Waals surface area contributed by atoms with E-state index in [-0.39, 0.29) is 18.1 Å². The van der Waals surface area contributed by atoms with E-state index in [1.165, 1.54) is 12.1 Å². The Kier molecular flexibility index (Phi) is 3.87. The second-order valence-electron chi connectivity index (χ2n) is 5.28. The molecule has 2 aromatic heterocycles. The molecular weight excluding hydrogens is 281 g/mol. The largest absolute Gasteiger partial charge is 0.350 e. The quantitative estimate of drug-likeness (QED) is 0.804. The maximum Gasteiger partial charge on any atom is 0.224 e. The van der Waals surface area contributed by atoms with E-state index < -0.39 is 0 Å². The van der Waals surface area contributed by atoms with Crippen LogP contribution in [-0.2, 0) is 17.8 Å². The molecule has 0 radical (unpaired) electrons. The summed E-state index contributed by atoms with van der Waals surface area (Å²) in [5.74, 6) is -0.413. The number of benzene rings is 1. The molecule has 0 atom stereocenters. The van der Waals surface area contributed by atoms with Gasteiger partial charge in [-0.05, 0) is 42.3 Å². The minimum atomic E-state index is -0.302. The zero-order chi connectivity index (χ0) is 15.5. The molecule has 0 unspecified atom stereocenters. The molecule has 0 aliphatic heterocycles. The Morgan fingerprint density at radius 2 is 2.05 bits per heavy atom. The average molecular weight is 297 g/mol. The molecule has 3 aromatic rings. The molecule has 5 heteroatoms. The number of carbonyl (C=O) groups is 1. The summed E-state index contributed by atoms with van der Waals surface area (Å²) in [7, 11) is 0. The third-order valence-electron chi connectivity index (χ3n) is 3.41. The molecule has 0 spiro atoms. The van der Waals surface area contributed by atoms with Crippen molar-refractivity contribution in [1.29, 1.82) is 0 Å². The minimum Gasteiger partial charge on any atom is -0.350 e. The number of rotatable bonds is 4. The monoisotopic (exact) mass is 297 g/mol. The Bertz CT molecular complexity index is 808. The Labute approximate surface area is 127 Å². The lowest BCUT2D eigenvalue weighted by Gasteiger charge is -2.03. The fraction of sp³-hybridized carbons (Fsp3) is 0.176. The Balaban J connectivity index is 1.61. The molecule has 3 rings (SSSR count). The van der Waals surface area contributed by atoms with E-state index in [9.17, 15) is 9.18 Å².